The monoisotopic (exact) mass is 407 g/mol. The third kappa shape index (κ3) is 15.2. The minimum Gasteiger partial charge on any atom is -0.464 e. The van der Waals surface area contributed by atoms with Crippen LogP contribution in [0.4, 0.5) is 0 Å². The van der Waals surface area contributed by atoms with Crippen molar-refractivity contribution in [3.8, 4) is 0 Å². The molecule has 0 radical (unpaired) electrons. The number of hydrogen-bond donors (Lipinski definition) is 1. The van der Waals surface area contributed by atoms with Crippen molar-refractivity contribution in [3.05, 3.63) is 12.2 Å². The first-order valence-corrected chi connectivity index (χ1v) is 12.3. The molecule has 0 unspecified atom stereocenters. The van der Waals surface area contributed by atoms with E-state index in [1.807, 2.05) is 0 Å². The molecule has 1 amide bonds. The molecule has 0 aromatic heterocycles. The number of carbonyl (C=O) groups excluding carboxylic acids is 2. The summed E-state index contributed by atoms with van der Waals surface area (Å²) in [6, 6.07) is -0.410. The third-order valence-electron chi connectivity index (χ3n) is 5.68. The van der Waals surface area contributed by atoms with Crippen LogP contribution >= 0.6 is 0 Å². The van der Waals surface area contributed by atoms with Crippen LogP contribution in [0.2, 0.25) is 0 Å². The predicted octanol–water partition coefficient (Wildman–Crippen LogP) is 6.63. The van der Waals surface area contributed by atoms with Crippen LogP contribution in [0.3, 0.4) is 0 Å². The minimum absolute atomic E-state index is 0.0457. The van der Waals surface area contributed by atoms with E-state index >= 15 is 0 Å². The Morgan fingerprint density at radius 3 is 1.90 bits per heavy atom. The zero-order valence-corrected chi connectivity index (χ0v) is 18.9. The molecule has 1 rings (SSSR count). The van der Waals surface area contributed by atoms with E-state index in [1.165, 1.54) is 89.9 Å². The molecule has 0 aromatic rings. The Kier molecular flexibility index (Phi) is 16.6. The Hall–Kier alpha value is -1.32. The van der Waals surface area contributed by atoms with E-state index in [0.29, 0.717) is 19.4 Å². The van der Waals surface area contributed by atoms with Gasteiger partial charge in [0.1, 0.15) is 6.04 Å². The van der Waals surface area contributed by atoms with E-state index in [2.05, 4.69) is 24.4 Å². The van der Waals surface area contributed by atoms with Gasteiger partial charge in [-0.3, -0.25) is 4.79 Å². The molecular formula is C25H45NO3. The van der Waals surface area contributed by atoms with Crippen molar-refractivity contribution in [2.24, 2.45) is 0 Å². The van der Waals surface area contributed by atoms with Crippen LogP contribution in [0.15, 0.2) is 12.2 Å². The summed E-state index contributed by atoms with van der Waals surface area (Å²) >= 11 is 0. The smallest absolute Gasteiger partial charge is 0.328 e. The van der Waals surface area contributed by atoms with E-state index in [-0.39, 0.29) is 11.9 Å². The maximum Gasteiger partial charge on any atom is 0.328 e. The molecule has 1 saturated heterocycles. The van der Waals surface area contributed by atoms with Crippen LogP contribution in [0.1, 0.15) is 122 Å². The highest BCUT2D eigenvalue weighted by Crippen LogP contribution is 2.12. The molecule has 0 spiro atoms. The Morgan fingerprint density at radius 1 is 0.862 bits per heavy atom. The van der Waals surface area contributed by atoms with Gasteiger partial charge in [0, 0.05) is 6.42 Å². The molecule has 4 nitrogen and oxygen atoms in total. The summed E-state index contributed by atoms with van der Waals surface area (Å²) in [5.74, 6) is -0.313. The quantitative estimate of drug-likeness (QED) is 0.149. The van der Waals surface area contributed by atoms with Crippen molar-refractivity contribution in [2.75, 3.05) is 6.61 Å². The van der Waals surface area contributed by atoms with Gasteiger partial charge in [0.15, 0.2) is 0 Å². The summed E-state index contributed by atoms with van der Waals surface area (Å²) in [4.78, 5) is 22.8. The van der Waals surface area contributed by atoms with Crippen molar-refractivity contribution < 1.29 is 14.3 Å². The number of ether oxygens (including phenoxy) is 1. The van der Waals surface area contributed by atoms with Gasteiger partial charge in [-0.25, -0.2) is 4.79 Å². The molecule has 4 heteroatoms. The van der Waals surface area contributed by atoms with Crippen LogP contribution in [0.25, 0.3) is 0 Å². The summed E-state index contributed by atoms with van der Waals surface area (Å²) in [5.41, 5.74) is 0. The number of hydrogen-bond acceptors (Lipinski definition) is 3. The average molecular weight is 408 g/mol. The molecule has 1 aliphatic heterocycles. The molecule has 0 aromatic carbocycles. The summed E-state index contributed by atoms with van der Waals surface area (Å²) in [6.45, 7) is 2.75. The van der Waals surface area contributed by atoms with E-state index < -0.39 is 6.04 Å². The van der Waals surface area contributed by atoms with Gasteiger partial charge in [-0.1, -0.05) is 89.7 Å². The summed E-state index contributed by atoms with van der Waals surface area (Å²) in [6.07, 6.45) is 26.4. The fourth-order valence-electron chi connectivity index (χ4n) is 3.77. The number of unbranched alkanes of at least 4 members (excludes halogenated alkanes) is 14. The molecule has 1 N–H and O–H groups in total. The summed E-state index contributed by atoms with van der Waals surface area (Å²) < 4.78 is 5.24. The van der Waals surface area contributed by atoms with Gasteiger partial charge < -0.3 is 10.1 Å². The van der Waals surface area contributed by atoms with Crippen molar-refractivity contribution in [3.63, 3.8) is 0 Å². The zero-order valence-electron chi connectivity index (χ0n) is 18.9. The summed E-state index contributed by atoms with van der Waals surface area (Å²) in [7, 11) is 0. The standard InChI is InChI=1S/C25H45NO3/c1-2-3-4-5-6-7-8-9-10-11-12-13-14-15-16-17-18-19-22-29-25(28)23-20-21-24(27)26-23/h10-11,23H,2-9,12-22H2,1H3,(H,26,27)/b11-10+/t23-/m0/s1. The van der Waals surface area contributed by atoms with Crippen LogP contribution in [0.5, 0.6) is 0 Å². The number of nitrogens with one attached hydrogen (secondary N) is 1. The lowest BCUT2D eigenvalue weighted by atomic mass is 10.1. The Morgan fingerprint density at radius 2 is 1.38 bits per heavy atom. The Balaban J connectivity index is 1.74. The first kappa shape index (κ1) is 25.7. The fraction of sp³-hybridized carbons (Fsp3) is 0.840. The zero-order chi connectivity index (χ0) is 21.0. The van der Waals surface area contributed by atoms with Gasteiger partial charge in [0.25, 0.3) is 0 Å². The highest BCUT2D eigenvalue weighted by atomic mass is 16.5. The predicted molar refractivity (Wildman–Crippen MR) is 121 cm³/mol. The third-order valence-corrected chi connectivity index (χ3v) is 5.68. The van der Waals surface area contributed by atoms with Gasteiger partial charge in [-0.2, -0.15) is 0 Å². The maximum absolute atomic E-state index is 11.7. The van der Waals surface area contributed by atoms with Crippen LogP contribution in [0, 0.1) is 0 Å². The Labute approximate surface area is 179 Å². The summed E-state index contributed by atoms with van der Waals surface area (Å²) in [5, 5.41) is 2.65. The molecule has 0 bridgehead atoms. The van der Waals surface area contributed by atoms with Crippen molar-refractivity contribution in [1.29, 1.82) is 0 Å². The first-order valence-electron chi connectivity index (χ1n) is 12.3. The second-order valence-corrected chi connectivity index (χ2v) is 8.47. The molecule has 1 atom stereocenters. The topological polar surface area (TPSA) is 55.4 Å². The number of esters is 1. The first-order chi connectivity index (χ1) is 14.2. The number of allylic oxidation sites excluding steroid dienone is 2. The van der Waals surface area contributed by atoms with E-state index in [4.69, 9.17) is 4.74 Å². The van der Waals surface area contributed by atoms with Crippen LogP contribution in [-0.4, -0.2) is 24.5 Å². The normalized spacial score (nSPS) is 16.4. The lowest BCUT2D eigenvalue weighted by Crippen LogP contribution is -2.34. The molecule has 29 heavy (non-hydrogen) atoms. The maximum atomic E-state index is 11.7. The van der Waals surface area contributed by atoms with Crippen LogP contribution in [-0.2, 0) is 14.3 Å². The number of carbonyl (C=O) groups is 2. The minimum atomic E-state index is -0.410. The van der Waals surface area contributed by atoms with Crippen molar-refractivity contribution in [1.82, 2.24) is 5.32 Å². The van der Waals surface area contributed by atoms with E-state index in [1.54, 1.807) is 0 Å². The largest absolute Gasteiger partial charge is 0.464 e. The average Bonchev–Trinajstić information content (AvgIpc) is 3.16. The van der Waals surface area contributed by atoms with Crippen molar-refractivity contribution >= 4 is 11.9 Å². The lowest BCUT2D eigenvalue weighted by molar-refractivity contribution is -0.146. The molecule has 1 fully saturated rings. The molecule has 1 heterocycles. The van der Waals surface area contributed by atoms with Gasteiger partial charge in [-0.15, -0.1) is 0 Å². The molecule has 0 saturated carbocycles. The fourth-order valence-corrected chi connectivity index (χ4v) is 3.77. The van der Waals surface area contributed by atoms with Crippen LogP contribution < -0.4 is 5.32 Å². The van der Waals surface area contributed by atoms with E-state index in [0.717, 1.165) is 12.8 Å². The lowest BCUT2D eigenvalue weighted by Gasteiger charge is -2.09. The van der Waals surface area contributed by atoms with Gasteiger partial charge in [0.05, 0.1) is 6.61 Å². The second-order valence-electron chi connectivity index (χ2n) is 8.47. The SMILES string of the molecule is CCCCCCCCC/C=C/CCCCCCCCCOC(=O)[C@@H]1CCC(=O)N1. The highest BCUT2D eigenvalue weighted by molar-refractivity contribution is 5.87. The molecule has 168 valence electrons. The highest BCUT2D eigenvalue weighted by Gasteiger charge is 2.28. The van der Waals surface area contributed by atoms with Gasteiger partial charge in [-0.05, 0) is 38.5 Å². The van der Waals surface area contributed by atoms with Crippen molar-refractivity contribution in [2.45, 2.75) is 129 Å². The van der Waals surface area contributed by atoms with E-state index in [9.17, 15) is 9.59 Å². The van der Waals surface area contributed by atoms with Gasteiger partial charge >= 0.3 is 5.97 Å². The molecule has 1 aliphatic rings. The Bertz CT molecular complexity index is 447. The number of amides is 1. The second kappa shape index (κ2) is 18.7. The molecule has 0 aliphatic carbocycles. The number of rotatable bonds is 19. The molecular weight excluding hydrogens is 362 g/mol. The van der Waals surface area contributed by atoms with Gasteiger partial charge in [0.2, 0.25) is 5.91 Å².